The van der Waals surface area contributed by atoms with Crippen LogP contribution in [0.3, 0.4) is 0 Å². The van der Waals surface area contributed by atoms with E-state index in [0.717, 1.165) is 5.56 Å². The second kappa shape index (κ2) is 9.42. The van der Waals surface area contributed by atoms with E-state index in [1.807, 2.05) is 30.3 Å². The third kappa shape index (κ3) is 4.72. The molecule has 0 aliphatic rings. The number of nitrogens with one attached hydrogen (secondary N) is 1. The molecule has 0 spiro atoms. The van der Waals surface area contributed by atoms with Crippen molar-refractivity contribution in [3.8, 4) is 0 Å². The molecule has 0 aliphatic carbocycles. The number of hydrogen-bond acceptors (Lipinski definition) is 4. The third-order valence-corrected chi connectivity index (χ3v) is 7.18. The minimum Gasteiger partial charge on any atom is -0.307 e. The van der Waals surface area contributed by atoms with Crippen LogP contribution in [0, 0.1) is 0 Å². The van der Waals surface area contributed by atoms with Crippen LogP contribution in [0.15, 0.2) is 65.7 Å². The Labute approximate surface area is 181 Å². The Morgan fingerprint density at radius 1 is 1.10 bits per heavy atom. The number of carbonyl (C=O) groups excluding carboxylic acids is 1. The van der Waals surface area contributed by atoms with Gasteiger partial charge in [0.25, 0.3) is 5.91 Å². The highest BCUT2D eigenvalue weighted by Gasteiger charge is 2.25. The monoisotopic (exact) mass is 446 g/mol. The van der Waals surface area contributed by atoms with Crippen molar-refractivity contribution in [1.29, 1.82) is 0 Å². The van der Waals surface area contributed by atoms with E-state index in [1.54, 1.807) is 30.8 Å². The van der Waals surface area contributed by atoms with Crippen LogP contribution in [0.25, 0.3) is 0 Å². The molecule has 0 unspecified atom stereocenters. The van der Waals surface area contributed by atoms with Gasteiger partial charge in [-0.25, -0.2) is 13.1 Å². The summed E-state index contributed by atoms with van der Waals surface area (Å²) in [6.45, 7) is 4.61. The predicted octanol–water partition coefficient (Wildman–Crippen LogP) is 3.87. The maximum absolute atomic E-state index is 12.9. The Kier molecular flexibility index (Phi) is 6.91. The highest BCUT2D eigenvalue weighted by atomic mass is 35.5. The van der Waals surface area contributed by atoms with E-state index in [2.05, 4.69) is 10.4 Å². The molecule has 0 saturated heterocycles. The van der Waals surface area contributed by atoms with Gasteiger partial charge in [0.1, 0.15) is 10.7 Å². The van der Waals surface area contributed by atoms with Crippen LogP contribution in [0.1, 0.15) is 29.8 Å². The van der Waals surface area contributed by atoms with Crippen LogP contribution in [0.4, 0.5) is 5.82 Å². The molecular formula is C21H23ClN4O3S. The molecule has 1 amide bonds. The number of nitrogens with zero attached hydrogens (tertiary/aromatic N) is 3. The largest absolute Gasteiger partial charge is 0.307 e. The molecule has 0 aliphatic heterocycles. The Balaban J connectivity index is 1.85. The summed E-state index contributed by atoms with van der Waals surface area (Å²) in [6, 6.07) is 15.6. The maximum atomic E-state index is 12.9. The molecule has 1 heterocycles. The molecule has 3 aromatic rings. The zero-order valence-corrected chi connectivity index (χ0v) is 18.3. The van der Waals surface area contributed by atoms with Gasteiger partial charge in [0.2, 0.25) is 10.0 Å². The number of amides is 1. The quantitative estimate of drug-likeness (QED) is 0.569. The Morgan fingerprint density at radius 3 is 2.47 bits per heavy atom. The first-order valence-electron chi connectivity index (χ1n) is 9.53. The minimum atomic E-state index is -3.79. The van der Waals surface area contributed by atoms with Crippen LogP contribution in [0.2, 0.25) is 5.02 Å². The Hall–Kier alpha value is -2.68. The fourth-order valence-corrected chi connectivity index (χ4v) is 5.01. The molecule has 1 aromatic heterocycles. The van der Waals surface area contributed by atoms with E-state index >= 15 is 0 Å². The van der Waals surface area contributed by atoms with Crippen molar-refractivity contribution >= 4 is 33.3 Å². The molecule has 0 fully saturated rings. The van der Waals surface area contributed by atoms with Crippen LogP contribution < -0.4 is 5.32 Å². The number of rotatable bonds is 8. The Bertz CT molecular complexity index is 1130. The minimum absolute atomic E-state index is 0.0765. The number of hydrogen-bond donors (Lipinski definition) is 1. The number of halogens is 1. The van der Waals surface area contributed by atoms with Gasteiger partial charge in [0, 0.05) is 24.7 Å². The summed E-state index contributed by atoms with van der Waals surface area (Å²) >= 11 is 6.15. The molecule has 7 nitrogen and oxygen atoms in total. The second-order valence-corrected chi connectivity index (χ2v) is 8.86. The fraction of sp³-hybridized carbons (Fsp3) is 0.238. The SMILES string of the molecule is CCN(CC)S(=O)(=O)c1cc(C(=O)Nc2ccnn2Cc2ccccc2)ccc1Cl. The molecule has 3 rings (SSSR count). The van der Waals surface area contributed by atoms with Gasteiger partial charge in [0.15, 0.2) is 0 Å². The second-order valence-electron chi connectivity index (χ2n) is 6.55. The average molecular weight is 447 g/mol. The molecule has 30 heavy (non-hydrogen) atoms. The third-order valence-electron chi connectivity index (χ3n) is 4.65. The van der Waals surface area contributed by atoms with Crippen molar-refractivity contribution in [1.82, 2.24) is 14.1 Å². The maximum Gasteiger partial charge on any atom is 0.256 e. The lowest BCUT2D eigenvalue weighted by atomic mass is 10.2. The van der Waals surface area contributed by atoms with Gasteiger partial charge in [-0.1, -0.05) is 55.8 Å². The standard InChI is InChI=1S/C21H23ClN4O3S/c1-3-25(4-2)30(28,29)19-14-17(10-11-18(19)22)21(27)24-20-12-13-23-26(20)15-16-8-6-5-7-9-16/h5-14H,3-4,15H2,1-2H3,(H,24,27). The Morgan fingerprint density at radius 2 is 1.80 bits per heavy atom. The topological polar surface area (TPSA) is 84.3 Å². The lowest BCUT2D eigenvalue weighted by Crippen LogP contribution is -2.31. The zero-order chi connectivity index (χ0) is 21.7. The molecule has 9 heteroatoms. The van der Waals surface area contributed by atoms with Crippen molar-refractivity contribution in [2.75, 3.05) is 18.4 Å². The van der Waals surface area contributed by atoms with Crippen molar-refractivity contribution in [2.45, 2.75) is 25.3 Å². The van der Waals surface area contributed by atoms with Gasteiger partial charge in [-0.3, -0.25) is 4.79 Å². The van der Waals surface area contributed by atoms with Crippen LogP contribution >= 0.6 is 11.6 Å². The van der Waals surface area contributed by atoms with Crippen molar-refractivity contribution in [3.63, 3.8) is 0 Å². The van der Waals surface area contributed by atoms with E-state index in [0.29, 0.717) is 25.5 Å². The highest BCUT2D eigenvalue weighted by Crippen LogP contribution is 2.26. The van der Waals surface area contributed by atoms with Gasteiger partial charge in [-0.2, -0.15) is 9.40 Å². The van der Waals surface area contributed by atoms with E-state index in [9.17, 15) is 13.2 Å². The molecule has 0 bridgehead atoms. The fourth-order valence-electron chi connectivity index (χ4n) is 3.05. The summed E-state index contributed by atoms with van der Waals surface area (Å²) in [4.78, 5) is 12.7. The van der Waals surface area contributed by atoms with Gasteiger partial charge in [-0.05, 0) is 23.8 Å². The lowest BCUT2D eigenvalue weighted by molar-refractivity contribution is 0.102. The number of anilines is 1. The highest BCUT2D eigenvalue weighted by molar-refractivity contribution is 7.89. The summed E-state index contributed by atoms with van der Waals surface area (Å²) in [5, 5.41) is 7.12. The van der Waals surface area contributed by atoms with Gasteiger partial charge in [-0.15, -0.1) is 0 Å². The van der Waals surface area contributed by atoms with E-state index in [1.165, 1.54) is 22.5 Å². The summed E-state index contributed by atoms with van der Waals surface area (Å²) in [7, 11) is -3.79. The molecule has 1 N–H and O–H groups in total. The predicted molar refractivity (Wildman–Crippen MR) is 117 cm³/mol. The molecule has 0 atom stereocenters. The number of benzene rings is 2. The van der Waals surface area contributed by atoms with Crippen LogP contribution in [0.5, 0.6) is 0 Å². The molecule has 0 radical (unpaired) electrons. The van der Waals surface area contributed by atoms with Crippen LogP contribution in [-0.4, -0.2) is 41.5 Å². The van der Waals surface area contributed by atoms with E-state index in [-0.39, 0.29) is 15.5 Å². The lowest BCUT2D eigenvalue weighted by Gasteiger charge is -2.19. The first kappa shape index (κ1) is 22.0. The van der Waals surface area contributed by atoms with Gasteiger partial charge in [0.05, 0.1) is 17.8 Å². The molecule has 2 aromatic carbocycles. The molecule has 158 valence electrons. The molecular weight excluding hydrogens is 424 g/mol. The van der Waals surface area contributed by atoms with Gasteiger partial charge >= 0.3 is 0 Å². The van der Waals surface area contributed by atoms with Crippen molar-refractivity contribution < 1.29 is 13.2 Å². The van der Waals surface area contributed by atoms with E-state index in [4.69, 9.17) is 11.6 Å². The van der Waals surface area contributed by atoms with Gasteiger partial charge < -0.3 is 5.32 Å². The summed E-state index contributed by atoms with van der Waals surface area (Å²) in [5.41, 5.74) is 1.23. The van der Waals surface area contributed by atoms with Crippen molar-refractivity contribution in [3.05, 3.63) is 76.9 Å². The number of carbonyl (C=O) groups is 1. The summed E-state index contributed by atoms with van der Waals surface area (Å²) < 4.78 is 28.7. The molecule has 0 saturated carbocycles. The number of sulfonamides is 1. The van der Waals surface area contributed by atoms with E-state index < -0.39 is 15.9 Å². The zero-order valence-electron chi connectivity index (χ0n) is 16.7. The van der Waals surface area contributed by atoms with Crippen LogP contribution in [-0.2, 0) is 16.6 Å². The smallest absolute Gasteiger partial charge is 0.256 e. The van der Waals surface area contributed by atoms with Crippen molar-refractivity contribution in [2.24, 2.45) is 0 Å². The average Bonchev–Trinajstić information content (AvgIpc) is 3.16. The summed E-state index contributed by atoms with van der Waals surface area (Å²) in [5.74, 6) is 0.0597. The first-order chi connectivity index (χ1) is 14.4. The summed E-state index contributed by atoms with van der Waals surface area (Å²) in [6.07, 6.45) is 1.59. The number of aromatic nitrogens is 2. The first-order valence-corrected chi connectivity index (χ1v) is 11.4. The normalized spacial score (nSPS) is 11.6.